The van der Waals surface area contributed by atoms with E-state index in [-0.39, 0.29) is 17.8 Å². The van der Waals surface area contributed by atoms with Gasteiger partial charge in [-0.2, -0.15) is 0 Å². The van der Waals surface area contributed by atoms with E-state index >= 15 is 0 Å². The second-order valence-corrected chi connectivity index (χ2v) is 9.89. The third-order valence-electron chi connectivity index (χ3n) is 4.87. The van der Waals surface area contributed by atoms with E-state index in [0.29, 0.717) is 43.1 Å². The predicted octanol–water partition coefficient (Wildman–Crippen LogP) is 2.39. The van der Waals surface area contributed by atoms with Crippen LogP contribution < -0.4 is 9.62 Å². The summed E-state index contributed by atoms with van der Waals surface area (Å²) < 4.78 is 31.7. The topological polar surface area (TPSA) is 101 Å². The molecule has 1 aliphatic rings. The fourth-order valence-electron chi connectivity index (χ4n) is 3.53. The van der Waals surface area contributed by atoms with Crippen LogP contribution >= 0.6 is 11.3 Å². The van der Waals surface area contributed by atoms with E-state index in [1.54, 1.807) is 0 Å². The van der Waals surface area contributed by atoms with Crippen molar-refractivity contribution in [1.29, 1.82) is 0 Å². The number of nitrogens with one attached hydrogen (secondary N) is 1. The van der Waals surface area contributed by atoms with Crippen LogP contribution in [0.5, 0.6) is 0 Å². The lowest BCUT2D eigenvalue weighted by Crippen LogP contribution is -2.45. The maximum absolute atomic E-state index is 12.1. The SMILES string of the molecule is CCCS(=O)(=O)NC1CCN(c2nc(C)nc3sc(C(=O)OC)c(C)c23)CC1. The molecule has 0 radical (unpaired) electrons. The number of sulfonamides is 1. The number of nitrogens with zero attached hydrogens (tertiary/aromatic N) is 3. The molecule has 8 nitrogen and oxygen atoms in total. The van der Waals surface area contributed by atoms with Crippen molar-refractivity contribution in [3.63, 3.8) is 0 Å². The Balaban J connectivity index is 1.85. The van der Waals surface area contributed by atoms with Crippen LogP contribution in [0.1, 0.15) is 47.2 Å². The zero-order valence-electron chi connectivity index (χ0n) is 16.6. The summed E-state index contributed by atoms with van der Waals surface area (Å²) in [5, 5.41) is 0.876. The Morgan fingerprint density at radius 3 is 2.57 bits per heavy atom. The number of rotatable bonds is 6. The number of aromatic nitrogens is 2. The number of esters is 1. The van der Waals surface area contributed by atoms with Crippen LogP contribution in [0.3, 0.4) is 0 Å². The fourth-order valence-corrected chi connectivity index (χ4v) is 6.07. The first-order valence-corrected chi connectivity index (χ1v) is 11.8. The zero-order chi connectivity index (χ0) is 20.5. The maximum Gasteiger partial charge on any atom is 0.348 e. The minimum atomic E-state index is -3.21. The molecular weight excluding hydrogens is 400 g/mol. The Morgan fingerprint density at radius 1 is 1.29 bits per heavy atom. The van der Waals surface area contributed by atoms with Crippen LogP contribution in [0.4, 0.5) is 5.82 Å². The van der Waals surface area contributed by atoms with Crippen LogP contribution in [0.15, 0.2) is 0 Å². The van der Waals surface area contributed by atoms with Gasteiger partial charge in [-0.3, -0.25) is 0 Å². The number of hydrogen-bond acceptors (Lipinski definition) is 8. The lowest BCUT2D eigenvalue weighted by atomic mass is 10.1. The Hall–Kier alpha value is -1.78. The van der Waals surface area contributed by atoms with Gasteiger partial charge in [-0.05, 0) is 38.7 Å². The van der Waals surface area contributed by atoms with E-state index in [4.69, 9.17) is 4.74 Å². The molecule has 0 aromatic carbocycles. The van der Waals surface area contributed by atoms with Crippen molar-refractivity contribution >= 4 is 43.4 Å². The van der Waals surface area contributed by atoms with Crippen molar-refractivity contribution < 1.29 is 17.9 Å². The molecule has 0 saturated carbocycles. The summed E-state index contributed by atoms with van der Waals surface area (Å²) in [5.74, 6) is 1.24. The summed E-state index contributed by atoms with van der Waals surface area (Å²) >= 11 is 1.32. The summed E-state index contributed by atoms with van der Waals surface area (Å²) in [7, 11) is -1.85. The van der Waals surface area contributed by atoms with Gasteiger partial charge in [0.2, 0.25) is 10.0 Å². The minimum absolute atomic E-state index is 0.0552. The minimum Gasteiger partial charge on any atom is -0.465 e. The zero-order valence-corrected chi connectivity index (χ0v) is 18.2. The van der Waals surface area contributed by atoms with Gasteiger partial charge in [0.25, 0.3) is 0 Å². The van der Waals surface area contributed by atoms with E-state index in [1.165, 1.54) is 18.4 Å². The van der Waals surface area contributed by atoms with E-state index < -0.39 is 10.0 Å². The first-order valence-electron chi connectivity index (χ1n) is 9.36. The Morgan fingerprint density at radius 2 is 1.96 bits per heavy atom. The van der Waals surface area contributed by atoms with Crippen molar-refractivity contribution in [3.05, 3.63) is 16.3 Å². The summed E-state index contributed by atoms with van der Waals surface area (Å²) in [6.45, 7) is 6.96. The average Bonchev–Trinajstić information content (AvgIpc) is 2.97. The number of fused-ring (bicyclic) bond motifs is 1. The third kappa shape index (κ3) is 4.28. The van der Waals surface area contributed by atoms with E-state index in [2.05, 4.69) is 19.6 Å². The smallest absolute Gasteiger partial charge is 0.348 e. The largest absolute Gasteiger partial charge is 0.465 e. The summed E-state index contributed by atoms with van der Waals surface area (Å²) in [6, 6.07) is -0.0552. The number of anilines is 1. The molecule has 154 valence electrons. The number of thiophene rings is 1. The highest BCUT2D eigenvalue weighted by molar-refractivity contribution is 7.89. The molecule has 3 heterocycles. The third-order valence-corrected chi connectivity index (χ3v) is 7.67. The highest BCUT2D eigenvalue weighted by atomic mass is 32.2. The Labute approximate surface area is 169 Å². The predicted molar refractivity (Wildman–Crippen MR) is 111 cm³/mol. The number of methoxy groups -OCH3 is 1. The molecule has 1 fully saturated rings. The van der Waals surface area contributed by atoms with Gasteiger partial charge in [-0.15, -0.1) is 11.3 Å². The van der Waals surface area contributed by atoms with Crippen LogP contribution in [0.25, 0.3) is 10.2 Å². The van der Waals surface area contributed by atoms with Crippen molar-refractivity contribution in [3.8, 4) is 0 Å². The van der Waals surface area contributed by atoms with Gasteiger partial charge in [0.1, 0.15) is 21.3 Å². The summed E-state index contributed by atoms with van der Waals surface area (Å²) in [4.78, 5) is 24.7. The molecule has 3 rings (SSSR count). The summed E-state index contributed by atoms with van der Waals surface area (Å²) in [5.41, 5.74) is 0.827. The molecule has 28 heavy (non-hydrogen) atoms. The lowest BCUT2D eigenvalue weighted by Gasteiger charge is -2.33. The molecule has 10 heteroatoms. The van der Waals surface area contributed by atoms with Crippen molar-refractivity contribution in [2.75, 3.05) is 30.9 Å². The first-order chi connectivity index (χ1) is 13.3. The van der Waals surface area contributed by atoms with Crippen LogP contribution in [0, 0.1) is 13.8 Å². The molecule has 0 atom stereocenters. The Kier molecular flexibility index (Phi) is 6.21. The molecule has 0 amide bonds. The van der Waals surface area contributed by atoms with Crippen molar-refractivity contribution in [2.24, 2.45) is 0 Å². The monoisotopic (exact) mass is 426 g/mol. The van der Waals surface area contributed by atoms with Crippen LogP contribution in [0.2, 0.25) is 0 Å². The average molecular weight is 427 g/mol. The molecule has 1 saturated heterocycles. The van der Waals surface area contributed by atoms with Gasteiger partial charge in [-0.25, -0.2) is 27.9 Å². The normalized spacial score (nSPS) is 15.9. The fraction of sp³-hybridized carbons (Fsp3) is 0.611. The number of ether oxygens (including phenoxy) is 1. The lowest BCUT2D eigenvalue weighted by molar-refractivity contribution is 0.0605. The standard InChI is InChI=1S/C18H26N4O4S2/c1-5-10-28(24,25)21-13-6-8-22(9-7-13)16-14-11(2)15(18(23)26-4)27-17(14)20-12(3)19-16/h13,21H,5-10H2,1-4H3. The molecule has 0 aliphatic carbocycles. The van der Waals surface area contributed by atoms with Gasteiger partial charge < -0.3 is 9.64 Å². The number of hydrogen-bond donors (Lipinski definition) is 1. The van der Waals surface area contributed by atoms with E-state index in [0.717, 1.165) is 21.6 Å². The molecule has 0 spiro atoms. The number of piperidine rings is 1. The van der Waals surface area contributed by atoms with Gasteiger partial charge in [0.05, 0.1) is 18.2 Å². The van der Waals surface area contributed by atoms with Crippen LogP contribution in [-0.2, 0) is 14.8 Å². The second-order valence-electron chi connectivity index (χ2n) is 7.02. The van der Waals surface area contributed by atoms with Gasteiger partial charge in [-0.1, -0.05) is 6.92 Å². The van der Waals surface area contributed by atoms with Crippen molar-refractivity contribution in [2.45, 2.75) is 46.1 Å². The molecule has 1 N–H and O–H groups in total. The van der Waals surface area contributed by atoms with Gasteiger partial charge >= 0.3 is 5.97 Å². The highest BCUT2D eigenvalue weighted by Crippen LogP contribution is 2.36. The molecule has 1 aliphatic heterocycles. The number of aryl methyl sites for hydroxylation is 2. The number of carbonyl (C=O) groups is 1. The quantitative estimate of drug-likeness (QED) is 0.708. The first kappa shape index (κ1) is 20.9. The van der Waals surface area contributed by atoms with E-state index in [9.17, 15) is 13.2 Å². The molecule has 2 aromatic rings. The maximum atomic E-state index is 12.1. The van der Waals surface area contributed by atoms with Gasteiger partial charge in [0, 0.05) is 19.1 Å². The number of carbonyl (C=O) groups excluding carboxylic acids is 1. The Bertz CT molecular complexity index is 979. The van der Waals surface area contributed by atoms with Crippen LogP contribution in [-0.4, -0.2) is 56.3 Å². The molecular formula is C18H26N4O4S2. The molecule has 0 unspecified atom stereocenters. The highest BCUT2D eigenvalue weighted by Gasteiger charge is 2.27. The molecule has 2 aromatic heterocycles. The van der Waals surface area contributed by atoms with Crippen molar-refractivity contribution in [1.82, 2.24) is 14.7 Å². The second kappa shape index (κ2) is 8.30. The molecule has 0 bridgehead atoms. The van der Waals surface area contributed by atoms with E-state index in [1.807, 2.05) is 20.8 Å². The summed E-state index contributed by atoms with van der Waals surface area (Å²) in [6.07, 6.45) is 2.02. The van der Waals surface area contributed by atoms with Gasteiger partial charge in [0.15, 0.2) is 0 Å².